The first-order valence-corrected chi connectivity index (χ1v) is 17.8. The second-order valence-corrected chi connectivity index (χ2v) is 14.1. The maximum absolute atomic E-state index is 13.4. The number of aliphatic hydroxyl groups excluding tert-OH is 1. The van der Waals surface area contributed by atoms with Crippen molar-refractivity contribution in [2.45, 2.75) is 82.0 Å². The van der Waals surface area contributed by atoms with E-state index in [4.69, 9.17) is 14.7 Å². The van der Waals surface area contributed by atoms with Gasteiger partial charge in [-0.15, -0.1) is 0 Å². The van der Waals surface area contributed by atoms with Gasteiger partial charge in [-0.2, -0.15) is 23.1 Å². The van der Waals surface area contributed by atoms with Crippen LogP contribution in [0.3, 0.4) is 0 Å². The van der Waals surface area contributed by atoms with E-state index in [1.165, 1.54) is 11.9 Å². The molecule has 16 heteroatoms. The molecular formula is C35H48F3N9O4. The van der Waals surface area contributed by atoms with Gasteiger partial charge in [0.2, 0.25) is 11.9 Å². The number of ether oxygens (including phenoxy) is 1. The smallest absolute Gasteiger partial charge is 0.451 e. The Hall–Kier alpha value is -4.02. The van der Waals surface area contributed by atoms with Gasteiger partial charge in [-0.25, -0.2) is 9.78 Å². The Labute approximate surface area is 295 Å². The molecule has 1 aliphatic carbocycles. The summed E-state index contributed by atoms with van der Waals surface area (Å²) >= 11 is 0. The number of aliphatic hydroxyl groups is 1. The summed E-state index contributed by atoms with van der Waals surface area (Å²) < 4.78 is 46.5. The topological polar surface area (TPSA) is 141 Å². The molecule has 0 bridgehead atoms. The van der Waals surface area contributed by atoms with Crippen LogP contribution in [0.4, 0.5) is 24.9 Å². The maximum Gasteiger partial charge on any atom is 0.490 e. The molecule has 3 N–H and O–H groups in total. The molecule has 3 fully saturated rings. The van der Waals surface area contributed by atoms with Crippen molar-refractivity contribution >= 4 is 34.8 Å². The van der Waals surface area contributed by atoms with Crippen LogP contribution in [-0.2, 0) is 20.7 Å². The van der Waals surface area contributed by atoms with Crippen LogP contribution in [0.5, 0.6) is 0 Å². The standard InChI is InChI=1S/C35H48F3N9O4/c1-4-27(48)41-25-19-26(30(29(25)49)51-33(50)35(36,37)38)47-21-40-28-31(42-34(43-32(28)47)46-16-12-24(20-46)44(2)3)39-13-17-45-14-10-23(11-15-45)18-22-8-6-5-7-9-22/h5-9,21,23-26,29-30,49H,4,10-20H2,1-3H3,(H,41,48)(H,39,42,43)/t24-,25+,26-,29-,30+/m1/s1. The monoisotopic (exact) mass is 715 g/mol. The lowest BCUT2D eigenvalue weighted by molar-refractivity contribution is -0.209. The molecule has 13 nitrogen and oxygen atoms in total. The highest BCUT2D eigenvalue weighted by molar-refractivity contribution is 5.84. The summed E-state index contributed by atoms with van der Waals surface area (Å²) in [6.45, 7) is 6.38. The number of rotatable bonds is 12. The molecule has 1 aromatic carbocycles. The van der Waals surface area contributed by atoms with Crippen molar-refractivity contribution in [3.63, 3.8) is 0 Å². The van der Waals surface area contributed by atoms with E-state index < -0.39 is 42.3 Å². The third-order valence-electron chi connectivity index (χ3n) is 10.5. The summed E-state index contributed by atoms with van der Waals surface area (Å²) in [7, 11) is 4.04. The zero-order valence-corrected chi connectivity index (χ0v) is 29.3. The van der Waals surface area contributed by atoms with Crippen molar-refractivity contribution < 1.29 is 32.6 Å². The molecule has 3 aromatic rings. The lowest BCUT2D eigenvalue weighted by atomic mass is 9.90. The Morgan fingerprint density at radius 2 is 1.82 bits per heavy atom. The SMILES string of the molecule is CCC(=O)N[C@H]1C[C@@H](n2cnc3c(NCCN4CCC(Cc5ccccc5)CC4)nc(N4CC[C@@H](N(C)C)C4)nc32)[C@H](OC(=O)C(F)(F)F)[C@@H]1O. The van der Waals surface area contributed by atoms with Gasteiger partial charge in [-0.1, -0.05) is 37.3 Å². The van der Waals surface area contributed by atoms with Crippen LogP contribution < -0.4 is 15.5 Å². The third kappa shape index (κ3) is 8.55. The van der Waals surface area contributed by atoms with E-state index in [1.54, 1.807) is 11.5 Å². The second kappa shape index (κ2) is 15.7. The van der Waals surface area contributed by atoms with E-state index in [2.05, 4.69) is 54.6 Å². The van der Waals surface area contributed by atoms with Gasteiger partial charge in [0.1, 0.15) is 6.10 Å². The zero-order chi connectivity index (χ0) is 36.3. The van der Waals surface area contributed by atoms with Crippen LogP contribution in [0.25, 0.3) is 11.2 Å². The molecule has 6 rings (SSSR count). The average Bonchev–Trinajstić information content (AvgIpc) is 3.84. The minimum absolute atomic E-state index is 0.0110. The number of imidazole rings is 1. The number of likely N-dealkylation sites (N-methyl/N-ethyl adjacent to an activating group) is 1. The van der Waals surface area contributed by atoms with E-state index in [0.717, 1.165) is 45.3 Å². The predicted molar refractivity (Wildman–Crippen MR) is 185 cm³/mol. The molecule has 1 amide bonds. The van der Waals surface area contributed by atoms with Crippen molar-refractivity contribution in [2.75, 3.05) is 63.6 Å². The van der Waals surface area contributed by atoms with Crippen molar-refractivity contribution in [2.24, 2.45) is 5.92 Å². The summed E-state index contributed by atoms with van der Waals surface area (Å²) in [5.41, 5.74) is 2.10. The van der Waals surface area contributed by atoms with Gasteiger partial charge in [0.05, 0.1) is 18.4 Å². The number of halogens is 3. The Morgan fingerprint density at radius 3 is 2.49 bits per heavy atom. The summed E-state index contributed by atoms with van der Waals surface area (Å²) in [5.74, 6) is -1.23. The predicted octanol–water partition coefficient (Wildman–Crippen LogP) is 3.01. The molecule has 0 radical (unpaired) electrons. The molecule has 2 saturated heterocycles. The minimum atomic E-state index is -5.27. The normalized spacial score (nSPS) is 24.8. The highest BCUT2D eigenvalue weighted by Crippen LogP contribution is 2.38. The minimum Gasteiger partial charge on any atom is -0.451 e. The van der Waals surface area contributed by atoms with Crippen LogP contribution in [0.2, 0.25) is 0 Å². The molecule has 4 heterocycles. The van der Waals surface area contributed by atoms with Gasteiger partial charge < -0.3 is 39.7 Å². The number of aromatic nitrogens is 4. The van der Waals surface area contributed by atoms with Crippen LogP contribution in [-0.4, -0.2) is 130 Å². The highest BCUT2D eigenvalue weighted by Gasteiger charge is 2.51. The first-order valence-electron chi connectivity index (χ1n) is 17.8. The van der Waals surface area contributed by atoms with Gasteiger partial charge in [0, 0.05) is 38.6 Å². The highest BCUT2D eigenvalue weighted by atomic mass is 19.4. The van der Waals surface area contributed by atoms with Gasteiger partial charge in [-0.3, -0.25) is 4.79 Å². The number of fused-ring (bicyclic) bond motifs is 1. The number of nitrogens with zero attached hydrogens (tertiary/aromatic N) is 7. The zero-order valence-electron chi connectivity index (χ0n) is 29.3. The van der Waals surface area contributed by atoms with E-state index >= 15 is 0 Å². The molecule has 0 spiro atoms. The number of amides is 1. The fraction of sp³-hybridized carbons (Fsp3) is 0.629. The summed E-state index contributed by atoms with van der Waals surface area (Å²) in [6.07, 6.45) is -2.73. The van der Waals surface area contributed by atoms with Gasteiger partial charge in [-0.05, 0) is 70.8 Å². The molecule has 5 atom stereocenters. The molecular weight excluding hydrogens is 667 g/mol. The molecule has 278 valence electrons. The number of nitrogens with one attached hydrogen (secondary N) is 2. The van der Waals surface area contributed by atoms with Crippen molar-refractivity contribution in [3.05, 3.63) is 42.2 Å². The molecule has 1 saturated carbocycles. The summed E-state index contributed by atoms with van der Waals surface area (Å²) in [4.78, 5) is 45.3. The fourth-order valence-electron chi connectivity index (χ4n) is 7.51. The number of benzene rings is 1. The Balaban J connectivity index is 1.23. The lowest BCUT2D eigenvalue weighted by Gasteiger charge is -2.32. The third-order valence-corrected chi connectivity index (χ3v) is 10.5. The molecule has 0 unspecified atom stereocenters. The lowest BCUT2D eigenvalue weighted by Crippen LogP contribution is -2.45. The number of piperidine rings is 1. The van der Waals surface area contributed by atoms with Crippen LogP contribution in [0, 0.1) is 5.92 Å². The largest absolute Gasteiger partial charge is 0.490 e. The fourth-order valence-corrected chi connectivity index (χ4v) is 7.51. The van der Waals surface area contributed by atoms with Gasteiger partial charge in [0.25, 0.3) is 0 Å². The molecule has 2 aromatic heterocycles. The number of hydrogen-bond donors (Lipinski definition) is 3. The number of carbonyl (C=O) groups excluding carboxylic acids is 2. The molecule has 2 aliphatic heterocycles. The van der Waals surface area contributed by atoms with Crippen molar-refractivity contribution in [1.82, 2.24) is 34.6 Å². The Kier molecular flexibility index (Phi) is 11.3. The van der Waals surface area contributed by atoms with E-state index in [0.29, 0.717) is 48.5 Å². The van der Waals surface area contributed by atoms with Crippen LogP contribution in [0.1, 0.15) is 50.6 Å². The number of alkyl halides is 3. The summed E-state index contributed by atoms with van der Waals surface area (Å²) in [5, 5.41) is 17.2. The van der Waals surface area contributed by atoms with Crippen LogP contribution >= 0.6 is 0 Å². The molecule has 51 heavy (non-hydrogen) atoms. The van der Waals surface area contributed by atoms with E-state index in [1.807, 2.05) is 20.2 Å². The van der Waals surface area contributed by atoms with Gasteiger partial charge >= 0.3 is 12.1 Å². The van der Waals surface area contributed by atoms with E-state index in [9.17, 15) is 27.9 Å². The van der Waals surface area contributed by atoms with Crippen molar-refractivity contribution in [1.29, 1.82) is 0 Å². The maximum atomic E-state index is 13.4. The number of anilines is 2. The summed E-state index contributed by atoms with van der Waals surface area (Å²) in [6, 6.07) is 8.91. The second-order valence-electron chi connectivity index (χ2n) is 14.1. The number of esters is 1. The number of hydrogen-bond acceptors (Lipinski definition) is 11. The van der Waals surface area contributed by atoms with Gasteiger partial charge in [0.15, 0.2) is 23.1 Å². The number of likely N-dealkylation sites (tertiary alicyclic amines) is 1. The first kappa shape index (κ1) is 36.8. The number of carbonyl (C=O) groups is 2. The van der Waals surface area contributed by atoms with Crippen molar-refractivity contribution in [3.8, 4) is 0 Å². The average molecular weight is 716 g/mol. The first-order chi connectivity index (χ1) is 24.4. The molecule has 3 aliphatic rings. The van der Waals surface area contributed by atoms with E-state index in [-0.39, 0.29) is 18.9 Å². The van der Waals surface area contributed by atoms with Crippen LogP contribution in [0.15, 0.2) is 36.7 Å². The Bertz CT molecular complexity index is 1650. The Morgan fingerprint density at radius 1 is 1.08 bits per heavy atom. The quantitative estimate of drug-likeness (QED) is 0.239.